The first-order valence-electron chi connectivity index (χ1n) is 5.11. The van der Waals surface area contributed by atoms with E-state index in [0.717, 1.165) is 25.8 Å². The van der Waals surface area contributed by atoms with Crippen LogP contribution in [0.5, 0.6) is 0 Å². The van der Waals surface area contributed by atoms with Gasteiger partial charge in [0.25, 0.3) is 0 Å². The molecule has 13 heavy (non-hydrogen) atoms. The van der Waals surface area contributed by atoms with Crippen LogP contribution in [0.25, 0.3) is 0 Å². The second-order valence-corrected chi connectivity index (χ2v) is 4.56. The zero-order valence-corrected chi connectivity index (χ0v) is 10.2. The van der Waals surface area contributed by atoms with Gasteiger partial charge in [-0.2, -0.15) is 0 Å². The molecule has 78 valence electrons. The number of carbonyl (C=O) groups is 1. The van der Waals surface area contributed by atoms with Gasteiger partial charge in [0.1, 0.15) is 0 Å². The van der Waals surface area contributed by atoms with Gasteiger partial charge in [-0.15, -0.1) is 0 Å². The minimum absolute atomic E-state index is 0.186. The summed E-state index contributed by atoms with van der Waals surface area (Å²) in [5, 5.41) is 2.91. The molecule has 0 fully saturated rings. The van der Waals surface area contributed by atoms with Crippen LogP contribution in [0, 0.1) is 0 Å². The molecular formula is C10H20BrNO. The van der Waals surface area contributed by atoms with Crippen molar-refractivity contribution in [1.29, 1.82) is 0 Å². The number of hydrogen-bond acceptors (Lipinski definition) is 1. The topological polar surface area (TPSA) is 29.1 Å². The van der Waals surface area contributed by atoms with Crippen molar-refractivity contribution < 1.29 is 4.79 Å². The molecule has 0 aliphatic heterocycles. The fraction of sp³-hybridized carbons (Fsp3) is 0.900. The van der Waals surface area contributed by atoms with E-state index in [1.54, 1.807) is 0 Å². The number of halogens is 1. The third kappa shape index (κ3) is 8.28. The number of hydrogen-bond donors (Lipinski definition) is 1. The number of carbonyl (C=O) groups excluding carboxylic acids is 1. The van der Waals surface area contributed by atoms with E-state index in [9.17, 15) is 4.79 Å². The first-order chi connectivity index (χ1) is 6.20. The third-order valence-corrected chi connectivity index (χ3v) is 2.94. The zero-order valence-electron chi connectivity index (χ0n) is 8.61. The average Bonchev–Trinajstić information content (AvgIpc) is 2.14. The first kappa shape index (κ1) is 12.9. The minimum Gasteiger partial charge on any atom is -0.355 e. The maximum absolute atomic E-state index is 11.2. The van der Waals surface area contributed by atoms with Crippen molar-refractivity contribution in [2.75, 3.05) is 6.54 Å². The second-order valence-electron chi connectivity index (χ2n) is 3.27. The maximum atomic E-state index is 11.2. The van der Waals surface area contributed by atoms with Gasteiger partial charge in [-0.3, -0.25) is 4.79 Å². The highest BCUT2D eigenvalue weighted by atomic mass is 79.9. The summed E-state index contributed by atoms with van der Waals surface area (Å²) < 4.78 is 0. The normalized spacial score (nSPS) is 12.5. The van der Waals surface area contributed by atoms with Crippen LogP contribution >= 0.6 is 15.9 Å². The van der Waals surface area contributed by atoms with Gasteiger partial charge in [0.15, 0.2) is 0 Å². The zero-order chi connectivity index (χ0) is 10.1. The molecule has 0 aromatic heterocycles. The van der Waals surface area contributed by atoms with Crippen molar-refractivity contribution in [2.24, 2.45) is 0 Å². The van der Waals surface area contributed by atoms with Crippen molar-refractivity contribution in [3.63, 3.8) is 0 Å². The van der Waals surface area contributed by atoms with E-state index in [0.29, 0.717) is 11.2 Å². The molecule has 0 saturated heterocycles. The highest BCUT2D eigenvalue weighted by Gasteiger charge is 2.03. The van der Waals surface area contributed by atoms with Gasteiger partial charge in [-0.25, -0.2) is 0 Å². The molecule has 0 aliphatic carbocycles. The Morgan fingerprint density at radius 2 is 2.08 bits per heavy atom. The standard InChI is InChI=1S/C10H20BrNO/c1-3-5-6-7-10(13)12-8-9(11)4-2/h9H,3-8H2,1-2H3,(H,12,13). The lowest BCUT2D eigenvalue weighted by Crippen LogP contribution is -2.28. The summed E-state index contributed by atoms with van der Waals surface area (Å²) in [6.07, 6.45) is 5.07. The van der Waals surface area contributed by atoms with Gasteiger partial charge >= 0.3 is 0 Å². The smallest absolute Gasteiger partial charge is 0.220 e. The number of amides is 1. The van der Waals surface area contributed by atoms with E-state index in [2.05, 4.69) is 35.1 Å². The molecular weight excluding hydrogens is 230 g/mol. The van der Waals surface area contributed by atoms with Crippen LogP contribution in [-0.4, -0.2) is 17.3 Å². The molecule has 1 atom stereocenters. The van der Waals surface area contributed by atoms with Gasteiger partial charge in [-0.1, -0.05) is 42.6 Å². The molecule has 0 aromatic rings. The number of alkyl halides is 1. The van der Waals surface area contributed by atoms with Crippen LogP contribution in [0.2, 0.25) is 0 Å². The highest BCUT2D eigenvalue weighted by molar-refractivity contribution is 9.09. The molecule has 0 aromatic carbocycles. The Hall–Kier alpha value is -0.0500. The molecule has 0 spiro atoms. The van der Waals surface area contributed by atoms with Crippen LogP contribution in [0.15, 0.2) is 0 Å². The van der Waals surface area contributed by atoms with Gasteiger partial charge in [0.05, 0.1) is 0 Å². The Bertz CT molecular complexity index is 139. The van der Waals surface area contributed by atoms with E-state index in [1.807, 2.05) is 0 Å². The Morgan fingerprint density at radius 1 is 1.38 bits per heavy atom. The third-order valence-electron chi connectivity index (χ3n) is 1.97. The summed E-state index contributed by atoms with van der Waals surface area (Å²) in [5.74, 6) is 0.186. The first-order valence-corrected chi connectivity index (χ1v) is 6.03. The monoisotopic (exact) mass is 249 g/mol. The lowest BCUT2D eigenvalue weighted by Gasteiger charge is -2.08. The van der Waals surface area contributed by atoms with E-state index >= 15 is 0 Å². The molecule has 2 nitrogen and oxygen atoms in total. The molecule has 0 aliphatic rings. The largest absolute Gasteiger partial charge is 0.355 e. The summed E-state index contributed by atoms with van der Waals surface area (Å²) >= 11 is 3.47. The van der Waals surface area contributed by atoms with Crippen molar-refractivity contribution in [3.8, 4) is 0 Å². The van der Waals surface area contributed by atoms with E-state index in [-0.39, 0.29) is 5.91 Å². The maximum Gasteiger partial charge on any atom is 0.220 e. The minimum atomic E-state index is 0.186. The fourth-order valence-corrected chi connectivity index (χ4v) is 1.15. The fourth-order valence-electron chi connectivity index (χ4n) is 0.993. The molecule has 0 radical (unpaired) electrons. The van der Waals surface area contributed by atoms with Crippen LogP contribution in [0.1, 0.15) is 46.0 Å². The quantitative estimate of drug-likeness (QED) is 0.546. The van der Waals surface area contributed by atoms with Crippen LogP contribution in [0.3, 0.4) is 0 Å². The average molecular weight is 250 g/mol. The van der Waals surface area contributed by atoms with Crippen LogP contribution in [0.4, 0.5) is 0 Å². The summed E-state index contributed by atoms with van der Waals surface area (Å²) in [6, 6.07) is 0. The van der Waals surface area contributed by atoms with Gasteiger partial charge in [-0.05, 0) is 12.8 Å². The van der Waals surface area contributed by atoms with Gasteiger partial charge in [0.2, 0.25) is 5.91 Å². The molecule has 0 rings (SSSR count). The highest BCUT2D eigenvalue weighted by Crippen LogP contribution is 2.03. The summed E-state index contributed by atoms with van der Waals surface area (Å²) in [7, 11) is 0. The van der Waals surface area contributed by atoms with Crippen LogP contribution in [-0.2, 0) is 4.79 Å². The number of unbranched alkanes of at least 4 members (excludes halogenated alkanes) is 2. The van der Waals surface area contributed by atoms with E-state index in [1.165, 1.54) is 6.42 Å². The molecule has 1 unspecified atom stereocenters. The second kappa shape index (κ2) is 8.54. The molecule has 3 heteroatoms. The molecule has 0 saturated carbocycles. The van der Waals surface area contributed by atoms with E-state index < -0.39 is 0 Å². The van der Waals surface area contributed by atoms with Crippen molar-refractivity contribution in [2.45, 2.75) is 50.8 Å². The summed E-state index contributed by atoms with van der Waals surface area (Å²) in [4.78, 5) is 11.6. The number of rotatable bonds is 7. The molecule has 0 bridgehead atoms. The number of nitrogens with one attached hydrogen (secondary N) is 1. The molecule has 0 heterocycles. The predicted octanol–water partition coefficient (Wildman–Crippen LogP) is 2.86. The Kier molecular flexibility index (Phi) is 8.51. The van der Waals surface area contributed by atoms with Crippen molar-refractivity contribution in [1.82, 2.24) is 5.32 Å². The molecule has 1 N–H and O–H groups in total. The molecule has 1 amide bonds. The van der Waals surface area contributed by atoms with Gasteiger partial charge in [0, 0.05) is 17.8 Å². The Labute approximate surface area is 89.6 Å². The van der Waals surface area contributed by atoms with Crippen molar-refractivity contribution >= 4 is 21.8 Å². The Balaban J connectivity index is 3.30. The summed E-state index contributed by atoms with van der Waals surface area (Å²) in [6.45, 7) is 4.99. The summed E-state index contributed by atoms with van der Waals surface area (Å²) in [5.41, 5.74) is 0. The predicted molar refractivity (Wildman–Crippen MR) is 60.2 cm³/mol. The SMILES string of the molecule is CCCCCC(=O)NCC(Br)CC. The van der Waals surface area contributed by atoms with E-state index in [4.69, 9.17) is 0 Å². The van der Waals surface area contributed by atoms with Crippen LogP contribution < -0.4 is 5.32 Å². The lowest BCUT2D eigenvalue weighted by atomic mass is 10.2. The Morgan fingerprint density at radius 3 is 2.62 bits per heavy atom. The van der Waals surface area contributed by atoms with Gasteiger partial charge < -0.3 is 5.32 Å². The van der Waals surface area contributed by atoms with Crippen molar-refractivity contribution in [3.05, 3.63) is 0 Å². The lowest BCUT2D eigenvalue weighted by molar-refractivity contribution is -0.121.